The zero-order valence-corrected chi connectivity index (χ0v) is 19.4. The van der Waals surface area contributed by atoms with E-state index in [1.165, 1.54) is 35.5 Å². The van der Waals surface area contributed by atoms with E-state index in [0.717, 1.165) is 30.1 Å². The molecular formula is C18H21N5O6S3. The fourth-order valence-electron chi connectivity index (χ4n) is 3.54. The molecule has 3 aliphatic rings. The number of nitrogens with two attached hydrogens (primary N) is 1. The lowest BCUT2D eigenvalue weighted by Gasteiger charge is -2.49. The van der Waals surface area contributed by atoms with Crippen LogP contribution in [0, 0.1) is 5.92 Å². The van der Waals surface area contributed by atoms with Crippen LogP contribution in [0.15, 0.2) is 21.1 Å². The van der Waals surface area contributed by atoms with Gasteiger partial charge in [0.15, 0.2) is 10.8 Å². The van der Waals surface area contributed by atoms with E-state index in [1.54, 1.807) is 5.38 Å². The second-order valence-electron chi connectivity index (χ2n) is 7.17. The van der Waals surface area contributed by atoms with Crippen molar-refractivity contribution < 1.29 is 29.1 Å². The highest BCUT2D eigenvalue weighted by Crippen LogP contribution is 2.44. The van der Waals surface area contributed by atoms with Gasteiger partial charge in [0.1, 0.15) is 29.9 Å². The number of carboxylic acids is 1. The number of carbonyl (C=O) groups is 3. The van der Waals surface area contributed by atoms with E-state index in [0.29, 0.717) is 23.2 Å². The first kappa shape index (κ1) is 22.9. The highest BCUT2D eigenvalue weighted by atomic mass is 32.2. The number of carbonyl (C=O) groups excluding carboxylic acids is 2. The number of hydrogen-bond donors (Lipinski definition) is 3. The van der Waals surface area contributed by atoms with E-state index in [4.69, 9.17) is 15.3 Å². The Balaban J connectivity index is 1.46. The van der Waals surface area contributed by atoms with E-state index >= 15 is 0 Å². The molecule has 0 bridgehead atoms. The topological polar surface area (TPSA) is 156 Å². The number of carboxylic acid groups (broad SMARTS) is 1. The van der Waals surface area contributed by atoms with E-state index in [-0.39, 0.29) is 22.2 Å². The highest BCUT2D eigenvalue weighted by Gasteiger charge is 2.54. The van der Waals surface area contributed by atoms with Crippen LogP contribution in [-0.4, -0.2) is 81.7 Å². The van der Waals surface area contributed by atoms with Gasteiger partial charge < -0.3 is 25.7 Å². The van der Waals surface area contributed by atoms with Crippen LogP contribution in [0.2, 0.25) is 0 Å². The Morgan fingerprint density at radius 1 is 1.53 bits per heavy atom. The van der Waals surface area contributed by atoms with Gasteiger partial charge >= 0.3 is 5.97 Å². The number of nitrogen functional groups attached to an aromatic ring is 1. The van der Waals surface area contributed by atoms with Gasteiger partial charge in [-0.1, -0.05) is 5.16 Å². The van der Waals surface area contributed by atoms with Crippen molar-refractivity contribution in [2.45, 2.75) is 17.8 Å². The summed E-state index contributed by atoms with van der Waals surface area (Å²) in [5.41, 5.74) is 5.73. The number of nitrogens with zero attached hydrogens (tertiary/aromatic N) is 3. The molecule has 3 aliphatic heterocycles. The van der Waals surface area contributed by atoms with Crippen molar-refractivity contribution in [2.24, 2.45) is 11.1 Å². The molecule has 4 heterocycles. The number of anilines is 1. The van der Waals surface area contributed by atoms with Gasteiger partial charge in [0.05, 0.1) is 6.61 Å². The summed E-state index contributed by atoms with van der Waals surface area (Å²) in [5.74, 6) is -0.723. The zero-order valence-electron chi connectivity index (χ0n) is 17.0. The Kier molecular flexibility index (Phi) is 6.93. The normalized spacial score (nSPS) is 25.4. The minimum Gasteiger partial charge on any atom is -0.477 e. The second-order valence-corrected chi connectivity index (χ2v) is 10.3. The molecule has 4 rings (SSSR count). The summed E-state index contributed by atoms with van der Waals surface area (Å²) in [4.78, 5) is 48.3. The van der Waals surface area contributed by atoms with Gasteiger partial charge in [-0.25, -0.2) is 9.78 Å². The first-order valence-electron chi connectivity index (χ1n) is 9.65. The largest absolute Gasteiger partial charge is 0.477 e. The van der Waals surface area contributed by atoms with Crippen LogP contribution in [0.1, 0.15) is 12.1 Å². The van der Waals surface area contributed by atoms with Gasteiger partial charge in [0, 0.05) is 28.4 Å². The lowest BCUT2D eigenvalue weighted by molar-refractivity contribution is -0.150. The third-order valence-corrected chi connectivity index (χ3v) is 8.56. The Bertz CT molecular complexity index is 990. The van der Waals surface area contributed by atoms with Crippen molar-refractivity contribution in [3.8, 4) is 0 Å². The number of fused-ring (bicyclic) bond motifs is 1. The van der Waals surface area contributed by atoms with Crippen LogP contribution >= 0.6 is 34.9 Å². The van der Waals surface area contributed by atoms with Gasteiger partial charge in [-0.15, -0.1) is 34.9 Å². The summed E-state index contributed by atoms with van der Waals surface area (Å²) in [7, 11) is 1.29. The van der Waals surface area contributed by atoms with Crippen LogP contribution in [0.3, 0.4) is 0 Å². The Hall–Kier alpha value is -2.29. The van der Waals surface area contributed by atoms with E-state index in [1.807, 2.05) is 0 Å². The number of nitrogens with one attached hydrogen (secondary N) is 1. The Morgan fingerprint density at radius 3 is 2.97 bits per heavy atom. The van der Waals surface area contributed by atoms with Gasteiger partial charge in [-0.2, -0.15) is 0 Å². The van der Waals surface area contributed by atoms with Crippen molar-refractivity contribution in [2.75, 3.05) is 37.6 Å². The number of aliphatic carboxylic acids is 1. The van der Waals surface area contributed by atoms with E-state index in [9.17, 15) is 19.5 Å². The number of aromatic nitrogens is 1. The molecule has 2 fully saturated rings. The minimum absolute atomic E-state index is 0.00813. The molecule has 1 aromatic rings. The standard InChI is InChI=1S/C18H21N5O6S3/c1-28-22-11(9-6-32-18(19)20-9)14(24)21-12-15(25)23-13(17(26)27)10(7-31-16(12)23)30-5-8-2-3-29-4-8/h6,8,12,16H,2-5,7H2,1H3,(H2,19,20)(H,21,24)(H,26,27)/t8?,12?,16-/m0/s1. The lowest BCUT2D eigenvalue weighted by Crippen LogP contribution is -2.71. The summed E-state index contributed by atoms with van der Waals surface area (Å²) in [6.45, 7) is 1.39. The molecule has 32 heavy (non-hydrogen) atoms. The summed E-state index contributed by atoms with van der Waals surface area (Å²) in [6.07, 6.45) is 0.950. The number of amides is 2. The van der Waals surface area contributed by atoms with E-state index < -0.39 is 29.2 Å². The van der Waals surface area contributed by atoms with Gasteiger partial charge in [0.2, 0.25) is 0 Å². The number of rotatable bonds is 8. The fourth-order valence-corrected chi connectivity index (χ4v) is 6.84. The molecule has 0 saturated carbocycles. The molecule has 0 radical (unpaired) electrons. The molecule has 14 heteroatoms. The quantitative estimate of drug-likeness (QED) is 0.262. The molecule has 1 aromatic heterocycles. The molecule has 4 N–H and O–H groups in total. The number of thioether (sulfide) groups is 2. The molecular weight excluding hydrogens is 478 g/mol. The predicted molar refractivity (Wildman–Crippen MR) is 121 cm³/mol. The summed E-state index contributed by atoms with van der Waals surface area (Å²) >= 11 is 4.02. The van der Waals surface area contributed by atoms with Crippen LogP contribution in [0.5, 0.6) is 0 Å². The van der Waals surface area contributed by atoms with Crippen molar-refractivity contribution in [1.29, 1.82) is 0 Å². The van der Waals surface area contributed by atoms with Crippen molar-refractivity contribution in [3.05, 3.63) is 21.7 Å². The second kappa shape index (κ2) is 9.68. The molecule has 172 valence electrons. The fraction of sp³-hybridized carbons (Fsp3) is 0.500. The maximum Gasteiger partial charge on any atom is 0.353 e. The molecule has 3 atom stereocenters. The van der Waals surface area contributed by atoms with Crippen molar-refractivity contribution >= 4 is 63.5 Å². The van der Waals surface area contributed by atoms with Crippen LogP contribution in [-0.2, 0) is 24.0 Å². The average Bonchev–Trinajstić information content (AvgIpc) is 3.45. The molecule has 2 unspecified atom stereocenters. The number of hydrogen-bond acceptors (Lipinski definition) is 11. The molecule has 2 amide bonds. The molecule has 0 spiro atoms. The summed E-state index contributed by atoms with van der Waals surface area (Å²) in [6, 6.07) is -0.880. The number of ether oxygens (including phenoxy) is 1. The predicted octanol–water partition coefficient (Wildman–Crippen LogP) is 0.542. The monoisotopic (exact) mass is 499 g/mol. The Morgan fingerprint density at radius 2 is 2.34 bits per heavy atom. The molecule has 0 aliphatic carbocycles. The molecule has 11 nitrogen and oxygen atoms in total. The maximum atomic E-state index is 12.8. The van der Waals surface area contributed by atoms with Crippen LogP contribution in [0.25, 0.3) is 0 Å². The molecule has 2 saturated heterocycles. The summed E-state index contributed by atoms with van der Waals surface area (Å²) in [5, 5.41) is 17.4. The number of β-lactam (4-membered cyclic amide) rings is 1. The molecule has 0 aromatic carbocycles. The van der Waals surface area contributed by atoms with Crippen molar-refractivity contribution in [3.63, 3.8) is 0 Å². The number of thiazole rings is 1. The van der Waals surface area contributed by atoms with Crippen LogP contribution in [0.4, 0.5) is 5.13 Å². The first-order chi connectivity index (χ1) is 15.4. The third kappa shape index (κ3) is 4.44. The van der Waals surface area contributed by atoms with Gasteiger partial charge in [-0.05, 0) is 12.3 Å². The van der Waals surface area contributed by atoms with Gasteiger partial charge in [-0.3, -0.25) is 14.5 Å². The number of oxime groups is 1. The van der Waals surface area contributed by atoms with Crippen molar-refractivity contribution in [1.82, 2.24) is 15.2 Å². The first-order valence-corrected chi connectivity index (χ1v) is 12.6. The van der Waals surface area contributed by atoms with Crippen LogP contribution < -0.4 is 11.1 Å². The summed E-state index contributed by atoms with van der Waals surface area (Å²) < 4.78 is 5.37. The highest BCUT2D eigenvalue weighted by molar-refractivity contribution is 8.06. The SMILES string of the molecule is CON=C(C(=O)NC1C(=O)N2C(C(=O)O)=C(SCC3CCOC3)CS[C@@H]12)c1csc(N)n1. The van der Waals surface area contributed by atoms with E-state index in [2.05, 4.69) is 15.5 Å². The smallest absolute Gasteiger partial charge is 0.353 e. The Labute approximate surface area is 195 Å². The lowest BCUT2D eigenvalue weighted by atomic mass is 10.0. The van der Waals surface area contributed by atoms with Gasteiger partial charge in [0.25, 0.3) is 11.8 Å². The average molecular weight is 500 g/mol. The third-order valence-electron chi connectivity index (χ3n) is 5.10. The minimum atomic E-state index is -1.15. The zero-order chi connectivity index (χ0) is 22.8. The maximum absolute atomic E-state index is 12.8.